The Hall–Kier alpha value is -0.570. The predicted octanol–water partition coefficient (Wildman–Crippen LogP) is 3.93. The van der Waals surface area contributed by atoms with Crippen LogP contribution in [0.5, 0.6) is 0 Å². The van der Waals surface area contributed by atoms with E-state index in [4.69, 9.17) is 0 Å². The van der Waals surface area contributed by atoms with Gasteiger partial charge in [-0.2, -0.15) is 0 Å². The van der Waals surface area contributed by atoms with Crippen molar-refractivity contribution in [1.29, 1.82) is 0 Å². The number of amides is 1. The zero-order chi connectivity index (χ0) is 15.7. The Morgan fingerprint density at radius 2 is 1.48 bits per heavy atom. The van der Waals surface area contributed by atoms with Crippen LogP contribution in [-0.2, 0) is 4.79 Å². The first kappa shape index (κ1) is 18.5. The molecule has 1 saturated heterocycles. The molecule has 1 fully saturated rings. The summed E-state index contributed by atoms with van der Waals surface area (Å²) in [4.78, 5) is 17.2. The molecule has 0 aromatic carbocycles. The third-order valence-corrected chi connectivity index (χ3v) is 4.80. The van der Waals surface area contributed by atoms with E-state index in [9.17, 15) is 4.79 Å². The number of hydrogen-bond acceptors (Lipinski definition) is 2. The summed E-state index contributed by atoms with van der Waals surface area (Å²) < 4.78 is 0. The van der Waals surface area contributed by atoms with Gasteiger partial charge in [0, 0.05) is 38.1 Å². The van der Waals surface area contributed by atoms with Gasteiger partial charge in [0.1, 0.15) is 0 Å². The quantitative estimate of drug-likeness (QED) is 0.644. The van der Waals surface area contributed by atoms with Crippen LogP contribution >= 0.6 is 0 Å². The SMILES string of the molecule is CCCCC(C)C(=O)N1CCN(C(CCC)CCC)CC1. The van der Waals surface area contributed by atoms with Gasteiger partial charge in [0.2, 0.25) is 5.91 Å². The molecule has 0 radical (unpaired) electrons. The third kappa shape index (κ3) is 5.98. The summed E-state index contributed by atoms with van der Waals surface area (Å²) in [7, 11) is 0. The lowest BCUT2D eigenvalue weighted by atomic mass is 10.0. The minimum atomic E-state index is 0.207. The Bertz CT molecular complexity index is 279. The lowest BCUT2D eigenvalue weighted by molar-refractivity contribution is -0.137. The molecule has 3 heteroatoms. The highest BCUT2D eigenvalue weighted by Gasteiger charge is 2.27. The van der Waals surface area contributed by atoms with E-state index in [0.29, 0.717) is 5.91 Å². The maximum Gasteiger partial charge on any atom is 0.225 e. The molecular formula is C18H36N2O. The molecule has 0 N–H and O–H groups in total. The first-order chi connectivity index (χ1) is 10.1. The van der Waals surface area contributed by atoms with Crippen LogP contribution in [0, 0.1) is 5.92 Å². The van der Waals surface area contributed by atoms with E-state index in [1.165, 1.54) is 38.5 Å². The number of carbonyl (C=O) groups excluding carboxylic acids is 1. The molecule has 1 aliphatic rings. The van der Waals surface area contributed by atoms with Crippen molar-refractivity contribution in [2.75, 3.05) is 26.2 Å². The molecular weight excluding hydrogens is 260 g/mol. The van der Waals surface area contributed by atoms with Crippen molar-refractivity contribution < 1.29 is 4.79 Å². The van der Waals surface area contributed by atoms with E-state index in [2.05, 4.69) is 37.5 Å². The van der Waals surface area contributed by atoms with Crippen LogP contribution in [0.1, 0.15) is 72.6 Å². The van der Waals surface area contributed by atoms with E-state index < -0.39 is 0 Å². The topological polar surface area (TPSA) is 23.6 Å². The van der Waals surface area contributed by atoms with Crippen molar-refractivity contribution in [3.63, 3.8) is 0 Å². The maximum absolute atomic E-state index is 12.4. The summed E-state index contributed by atoms with van der Waals surface area (Å²) in [5.41, 5.74) is 0. The van der Waals surface area contributed by atoms with Crippen LogP contribution in [0.4, 0.5) is 0 Å². The van der Waals surface area contributed by atoms with Crippen LogP contribution in [0.15, 0.2) is 0 Å². The highest BCUT2D eigenvalue weighted by Crippen LogP contribution is 2.18. The summed E-state index contributed by atoms with van der Waals surface area (Å²) in [6.07, 6.45) is 8.52. The minimum absolute atomic E-state index is 0.207. The average Bonchev–Trinajstić information content (AvgIpc) is 2.52. The van der Waals surface area contributed by atoms with Crippen LogP contribution in [0.2, 0.25) is 0 Å². The van der Waals surface area contributed by atoms with Crippen molar-refractivity contribution in [2.24, 2.45) is 5.92 Å². The number of piperazine rings is 1. The van der Waals surface area contributed by atoms with Crippen LogP contribution in [0.25, 0.3) is 0 Å². The summed E-state index contributed by atoms with van der Waals surface area (Å²) in [6.45, 7) is 12.8. The minimum Gasteiger partial charge on any atom is -0.340 e. The zero-order valence-corrected chi connectivity index (χ0v) is 14.7. The lowest BCUT2D eigenvalue weighted by Gasteiger charge is -2.40. The van der Waals surface area contributed by atoms with E-state index >= 15 is 0 Å². The second-order valence-electron chi connectivity index (χ2n) is 6.64. The molecule has 1 atom stereocenters. The highest BCUT2D eigenvalue weighted by atomic mass is 16.2. The molecule has 0 bridgehead atoms. The van der Waals surface area contributed by atoms with Crippen molar-refractivity contribution >= 4 is 5.91 Å². The molecule has 1 rings (SSSR count). The average molecular weight is 296 g/mol. The second kappa shape index (κ2) is 10.2. The van der Waals surface area contributed by atoms with Crippen molar-refractivity contribution in [1.82, 2.24) is 9.80 Å². The molecule has 1 heterocycles. The van der Waals surface area contributed by atoms with Crippen LogP contribution in [0.3, 0.4) is 0 Å². The Kier molecular flexibility index (Phi) is 8.98. The van der Waals surface area contributed by atoms with E-state index in [0.717, 1.165) is 38.6 Å². The van der Waals surface area contributed by atoms with Gasteiger partial charge in [-0.15, -0.1) is 0 Å². The van der Waals surface area contributed by atoms with Gasteiger partial charge in [-0.1, -0.05) is 53.4 Å². The summed E-state index contributed by atoms with van der Waals surface area (Å²) in [6, 6.07) is 0.731. The number of rotatable bonds is 9. The lowest BCUT2D eigenvalue weighted by Crippen LogP contribution is -2.52. The monoisotopic (exact) mass is 296 g/mol. The standard InChI is InChI=1S/C18H36N2O/c1-5-8-11-16(4)18(21)20-14-12-19(13-15-20)17(9-6-2)10-7-3/h16-17H,5-15H2,1-4H3. The highest BCUT2D eigenvalue weighted by molar-refractivity contribution is 5.78. The summed E-state index contributed by atoms with van der Waals surface area (Å²) in [5.74, 6) is 0.587. The molecule has 1 amide bonds. The fourth-order valence-electron chi connectivity index (χ4n) is 3.43. The molecule has 124 valence electrons. The van der Waals surface area contributed by atoms with Gasteiger partial charge < -0.3 is 4.90 Å². The predicted molar refractivity (Wildman–Crippen MR) is 90.4 cm³/mol. The first-order valence-electron chi connectivity index (χ1n) is 9.16. The molecule has 0 aliphatic carbocycles. The van der Waals surface area contributed by atoms with Crippen molar-refractivity contribution in [3.8, 4) is 0 Å². The molecule has 0 aromatic rings. The van der Waals surface area contributed by atoms with E-state index in [1.807, 2.05) is 0 Å². The molecule has 0 spiro atoms. The zero-order valence-electron chi connectivity index (χ0n) is 14.7. The summed E-state index contributed by atoms with van der Waals surface area (Å²) >= 11 is 0. The van der Waals surface area contributed by atoms with Gasteiger partial charge in [-0.25, -0.2) is 0 Å². The van der Waals surface area contributed by atoms with Gasteiger partial charge in [-0.3, -0.25) is 9.69 Å². The van der Waals surface area contributed by atoms with Gasteiger partial charge in [0.15, 0.2) is 0 Å². The Morgan fingerprint density at radius 1 is 0.905 bits per heavy atom. The van der Waals surface area contributed by atoms with Crippen LogP contribution in [-0.4, -0.2) is 47.9 Å². The van der Waals surface area contributed by atoms with Crippen LogP contribution < -0.4 is 0 Å². The van der Waals surface area contributed by atoms with Gasteiger partial charge in [0.25, 0.3) is 0 Å². The fraction of sp³-hybridized carbons (Fsp3) is 0.944. The number of hydrogen-bond donors (Lipinski definition) is 0. The van der Waals surface area contributed by atoms with Gasteiger partial charge in [0.05, 0.1) is 0 Å². The second-order valence-corrected chi connectivity index (χ2v) is 6.64. The largest absolute Gasteiger partial charge is 0.340 e. The Labute approximate surface area is 132 Å². The number of carbonyl (C=O) groups is 1. The van der Waals surface area contributed by atoms with Gasteiger partial charge >= 0.3 is 0 Å². The van der Waals surface area contributed by atoms with Crippen molar-refractivity contribution in [2.45, 2.75) is 78.7 Å². The first-order valence-corrected chi connectivity index (χ1v) is 9.16. The summed E-state index contributed by atoms with van der Waals surface area (Å²) in [5, 5.41) is 0. The van der Waals surface area contributed by atoms with E-state index in [1.54, 1.807) is 0 Å². The molecule has 1 unspecified atom stereocenters. The van der Waals surface area contributed by atoms with Gasteiger partial charge in [-0.05, 0) is 19.3 Å². The third-order valence-electron chi connectivity index (χ3n) is 4.80. The smallest absolute Gasteiger partial charge is 0.225 e. The fourth-order valence-corrected chi connectivity index (χ4v) is 3.43. The Morgan fingerprint density at radius 3 is 1.95 bits per heavy atom. The molecule has 0 aromatic heterocycles. The number of nitrogens with zero attached hydrogens (tertiary/aromatic N) is 2. The molecule has 3 nitrogen and oxygen atoms in total. The normalized spacial score (nSPS) is 18.2. The number of unbranched alkanes of at least 4 members (excludes halogenated alkanes) is 1. The van der Waals surface area contributed by atoms with E-state index in [-0.39, 0.29) is 5.92 Å². The molecule has 1 aliphatic heterocycles. The molecule has 21 heavy (non-hydrogen) atoms. The maximum atomic E-state index is 12.4. The van der Waals surface area contributed by atoms with Crippen molar-refractivity contribution in [3.05, 3.63) is 0 Å². The Balaban J connectivity index is 2.41. The molecule has 0 saturated carbocycles.